The molecule has 3 atom stereocenters. The van der Waals surface area contributed by atoms with E-state index in [2.05, 4.69) is 10.3 Å². The maximum atomic E-state index is 13.7. The van der Waals surface area contributed by atoms with Crippen LogP contribution in [0.25, 0.3) is 10.9 Å². The predicted octanol–water partition coefficient (Wildman–Crippen LogP) is 1.58. The molecule has 3 N–H and O–H groups in total. The zero-order chi connectivity index (χ0) is 18.8. The molecule has 1 aromatic carbocycles. The minimum absolute atomic E-state index is 0.119. The van der Waals surface area contributed by atoms with Gasteiger partial charge in [-0.25, -0.2) is 4.39 Å². The average Bonchev–Trinajstić information content (AvgIpc) is 2.86. The maximum Gasteiger partial charge on any atom is 0.255 e. The highest BCUT2D eigenvalue weighted by molar-refractivity contribution is 6.01. The third-order valence-corrected chi connectivity index (χ3v) is 4.46. The molecule has 0 aliphatic carbocycles. The molecule has 1 aliphatic heterocycles. The largest absolute Gasteiger partial charge is 0.493 e. The van der Waals surface area contributed by atoms with Gasteiger partial charge in [-0.05, 0) is 25.1 Å². The summed E-state index contributed by atoms with van der Waals surface area (Å²) < 4.78 is 25.0. The number of benzene rings is 1. The summed E-state index contributed by atoms with van der Waals surface area (Å²) in [7, 11) is 0. The van der Waals surface area contributed by atoms with Crippen LogP contribution in [0.15, 0.2) is 24.4 Å². The van der Waals surface area contributed by atoms with Crippen LogP contribution in [0.4, 0.5) is 4.39 Å². The number of nitrogens with two attached hydrogens (primary N) is 1. The smallest absolute Gasteiger partial charge is 0.255 e. The fraction of sp³-hybridized carbons (Fsp3) is 0.389. The summed E-state index contributed by atoms with van der Waals surface area (Å²) in [4.78, 5) is 27.3. The fourth-order valence-corrected chi connectivity index (χ4v) is 2.95. The maximum absolute atomic E-state index is 13.7. The molecule has 138 valence electrons. The average molecular weight is 361 g/mol. The number of fused-ring (bicyclic) bond motifs is 1. The summed E-state index contributed by atoms with van der Waals surface area (Å²) in [6, 6.07) is 4.44. The van der Waals surface area contributed by atoms with Gasteiger partial charge in [0, 0.05) is 17.5 Å². The Bertz CT molecular complexity index is 858. The Balaban J connectivity index is 1.90. The van der Waals surface area contributed by atoms with E-state index in [9.17, 15) is 14.0 Å². The number of nitrogens with one attached hydrogen (secondary N) is 1. The highest BCUT2D eigenvalue weighted by Crippen LogP contribution is 2.31. The number of primary amides is 1. The minimum atomic E-state index is -1.53. The minimum Gasteiger partial charge on any atom is -0.493 e. The topological polar surface area (TPSA) is 104 Å². The summed E-state index contributed by atoms with van der Waals surface area (Å²) in [6.45, 7) is 3.94. The number of nitrogens with zero attached hydrogens (tertiary/aromatic N) is 1. The molecular weight excluding hydrogens is 341 g/mol. The molecule has 1 aromatic heterocycles. The normalized spacial score (nSPS) is 22.3. The summed E-state index contributed by atoms with van der Waals surface area (Å²) >= 11 is 0. The van der Waals surface area contributed by atoms with Crippen molar-refractivity contribution in [1.82, 2.24) is 10.3 Å². The summed E-state index contributed by atoms with van der Waals surface area (Å²) in [5.74, 6) is -0.862. The first-order valence-corrected chi connectivity index (χ1v) is 8.35. The van der Waals surface area contributed by atoms with Crippen molar-refractivity contribution < 1.29 is 23.5 Å². The highest BCUT2D eigenvalue weighted by Gasteiger charge is 2.39. The van der Waals surface area contributed by atoms with Crippen molar-refractivity contribution in [3.8, 4) is 11.5 Å². The Labute approximate surface area is 149 Å². The molecule has 2 aromatic rings. The van der Waals surface area contributed by atoms with Crippen LogP contribution in [0, 0.1) is 5.92 Å². The number of hydrogen-bond donors (Lipinski definition) is 2. The SMILES string of the molecule is CCOc1cc2c(OCC3NC(=O)[C@@H](F)C3C)ccnc2cc1C(N)=O. The first-order chi connectivity index (χ1) is 12.4. The summed E-state index contributed by atoms with van der Waals surface area (Å²) in [6.07, 6.45) is 0.0117. The summed E-state index contributed by atoms with van der Waals surface area (Å²) in [5.41, 5.74) is 6.16. The zero-order valence-corrected chi connectivity index (χ0v) is 14.5. The molecule has 1 aliphatic rings. The van der Waals surface area contributed by atoms with Gasteiger partial charge in [0.1, 0.15) is 18.1 Å². The van der Waals surface area contributed by atoms with Crippen LogP contribution in [0.3, 0.4) is 0 Å². The lowest BCUT2D eigenvalue weighted by Crippen LogP contribution is -2.34. The second kappa shape index (κ2) is 7.15. The number of pyridine rings is 1. The number of amides is 2. The lowest BCUT2D eigenvalue weighted by Gasteiger charge is -2.17. The molecule has 3 rings (SSSR count). The van der Waals surface area contributed by atoms with Gasteiger partial charge in [0.05, 0.1) is 23.7 Å². The second-order valence-corrected chi connectivity index (χ2v) is 6.16. The molecule has 7 nitrogen and oxygen atoms in total. The van der Waals surface area contributed by atoms with Crippen molar-refractivity contribution in [3.05, 3.63) is 30.0 Å². The van der Waals surface area contributed by atoms with E-state index < -0.39 is 29.9 Å². The van der Waals surface area contributed by atoms with E-state index in [0.29, 0.717) is 29.0 Å². The van der Waals surface area contributed by atoms with Gasteiger partial charge in [-0.15, -0.1) is 0 Å². The number of carbonyl (C=O) groups is 2. The van der Waals surface area contributed by atoms with Crippen LogP contribution in [-0.2, 0) is 4.79 Å². The molecule has 26 heavy (non-hydrogen) atoms. The van der Waals surface area contributed by atoms with E-state index in [1.54, 1.807) is 32.0 Å². The number of hydrogen-bond acceptors (Lipinski definition) is 5. The van der Waals surface area contributed by atoms with E-state index >= 15 is 0 Å². The van der Waals surface area contributed by atoms with Crippen LogP contribution in [0.5, 0.6) is 11.5 Å². The molecule has 0 spiro atoms. The Morgan fingerprint density at radius 1 is 1.35 bits per heavy atom. The van der Waals surface area contributed by atoms with Crippen molar-refractivity contribution >= 4 is 22.7 Å². The Hall–Kier alpha value is -2.90. The van der Waals surface area contributed by atoms with Gasteiger partial charge in [-0.3, -0.25) is 14.6 Å². The Morgan fingerprint density at radius 3 is 2.73 bits per heavy atom. The molecule has 2 heterocycles. The van der Waals surface area contributed by atoms with Crippen molar-refractivity contribution in [3.63, 3.8) is 0 Å². The van der Waals surface area contributed by atoms with Crippen LogP contribution in [0.2, 0.25) is 0 Å². The van der Waals surface area contributed by atoms with Gasteiger partial charge >= 0.3 is 0 Å². The van der Waals surface area contributed by atoms with Gasteiger partial charge in [0.15, 0.2) is 6.17 Å². The van der Waals surface area contributed by atoms with Crippen molar-refractivity contribution in [2.24, 2.45) is 11.7 Å². The number of ether oxygens (including phenoxy) is 2. The lowest BCUT2D eigenvalue weighted by atomic mass is 10.0. The van der Waals surface area contributed by atoms with E-state index in [-0.39, 0.29) is 12.2 Å². The van der Waals surface area contributed by atoms with Crippen molar-refractivity contribution in [2.75, 3.05) is 13.2 Å². The van der Waals surface area contributed by atoms with Gasteiger partial charge in [0.25, 0.3) is 11.8 Å². The fourth-order valence-electron chi connectivity index (χ4n) is 2.95. The molecule has 1 saturated heterocycles. The second-order valence-electron chi connectivity index (χ2n) is 6.16. The number of aromatic nitrogens is 1. The first kappa shape index (κ1) is 17.9. The quantitative estimate of drug-likeness (QED) is 0.813. The van der Waals surface area contributed by atoms with E-state index in [4.69, 9.17) is 15.2 Å². The zero-order valence-electron chi connectivity index (χ0n) is 14.5. The van der Waals surface area contributed by atoms with E-state index in [0.717, 1.165) is 0 Å². The molecule has 0 bridgehead atoms. The summed E-state index contributed by atoms with van der Waals surface area (Å²) in [5, 5.41) is 3.22. The molecule has 2 amide bonds. The van der Waals surface area contributed by atoms with Gasteiger partial charge in [-0.2, -0.15) is 0 Å². The molecule has 1 fully saturated rings. The standard InChI is InChI=1S/C18H20FN3O4/c1-3-25-15-7-10-12(6-11(15)17(20)23)21-5-4-14(10)26-8-13-9(2)16(19)18(24)22-13/h4-7,9,13,16H,3,8H2,1-2H3,(H2,20,23)(H,22,24)/t9?,13?,16-/m0/s1. The highest BCUT2D eigenvalue weighted by atomic mass is 19.1. The number of alkyl halides is 1. The monoisotopic (exact) mass is 361 g/mol. The van der Waals surface area contributed by atoms with Crippen LogP contribution >= 0.6 is 0 Å². The predicted molar refractivity (Wildman–Crippen MR) is 92.9 cm³/mol. The van der Waals surface area contributed by atoms with E-state index in [1.807, 2.05) is 0 Å². The van der Waals surface area contributed by atoms with Gasteiger partial charge in [0.2, 0.25) is 0 Å². The first-order valence-electron chi connectivity index (χ1n) is 8.35. The van der Waals surface area contributed by atoms with Crippen LogP contribution in [-0.4, -0.2) is 42.2 Å². The van der Waals surface area contributed by atoms with Gasteiger partial charge < -0.3 is 20.5 Å². The molecule has 8 heteroatoms. The van der Waals surface area contributed by atoms with Crippen LogP contribution in [0.1, 0.15) is 24.2 Å². The third kappa shape index (κ3) is 3.26. The number of rotatable bonds is 6. The number of carbonyl (C=O) groups excluding carboxylic acids is 2. The Morgan fingerprint density at radius 2 is 2.12 bits per heavy atom. The Kier molecular flexibility index (Phi) is 4.92. The van der Waals surface area contributed by atoms with Crippen LogP contribution < -0.4 is 20.5 Å². The van der Waals surface area contributed by atoms with E-state index in [1.165, 1.54) is 6.20 Å². The number of halogens is 1. The molecule has 2 unspecified atom stereocenters. The lowest BCUT2D eigenvalue weighted by molar-refractivity contribution is -0.123. The molecular formula is C18H20FN3O4. The van der Waals surface area contributed by atoms with Crippen molar-refractivity contribution in [2.45, 2.75) is 26.1 Å². The van der Waals surface area contributed by atoms with Gasteiger partial charge in [-0.1, -0.05) is 6.92 Å². The molecule has 0 saturated carbocycles. The molecule has 0 radical (unpaired) electrons. The third-order valence-electron chi connectivity index (χ3n) is 4.46. The van der Waals surface area contributed by atoms with Crippen molar-refractivity contribution in [1.29, 1.82) is 0 Å².